The fourth-order valence-electron chi connectivity index (χ4n) is 9.02. The van der Waals surface area contributed by atoms with E-state index in [9.17, 15) is 14.7 Å². The number of likely N-dealkylation sites (tertiary alicyclic amines) is 1. The van der Waals surface area contributed by atoms with Gasteiger partial charge in [0.15, 0.2) is 11.5 Å². The number of carbonyl (C=O) groups is 2. The van der Waals surface area contributed by atoms with Gasteiger partial charge in [-0.1, -0.05) is 68.3 Å². The van der Waals surface area contributed by atoms with Crippen molar-refractivity contribution < 1.29 is 24.2 Å². The summed E-state index contributed by atoms with van der Waals surface area (Å²) in [6.07, 6.45) is 2.89. The number of benzene rings is 3. The minimum atomic E-state index is -1.07. The van der Waals surface area contributed by atoms with E-state index in [1.807, 2.05) is 54.3 Å². The molecule has 7 rings (SSSR count). The summed E-state index contributed by atoms with van der Waals surface area (Å²) in [7, 11) is 0. The van der Waals surface area contributed by atoms with Crippen molar-refractivity contribution in [3.8, 4) is 23.3 Å². The molecule has 2 aliphatic heterocycles. The second-order valence-corrected chi connectivity index (χ2v) is 14.3. The Labute approximate surface area is 277 Å². The van der Waals surface area contributed by atoms with E-state index < -0.39 is 23.1 Å². The van der Waals surface area contributed by atoms with Crippen LogP contribution >= 0.6 is 0 Å². The summed E-state index contributed by atoms with van der Waals surface area (Å²) >= 11 is 0. The molecular formula is C40H44N2O5. The van der Waals surface area contributed by atoms with Crippen molar-refractivity contribution in [1.29, 1.82) is 0 Å². The van der Waals surface area contributed by atoms with Gasteiger partial charge in [-0.15, -0.1) is 0 Å². The van der Waals surface area contributed by atoms with Crippen LogP contribution in [-0.2, 0) is 27.8 Å². The number of esters is 1. The first-order valence-corrected chi connectivity index (χ1v) is 17.0. The van der Waals surface area contributed by atoms with E-state index in [0.717, 1.165) is 41.8 Å². The molecule has 1 spiro atoms. The van der Waals surface area contributed by atoms with Crippen LogP contribution in [0.15, 0.2) is 66.7 Å². The standard InChI is InChI=1S/C40H44N2O5/c1-26(2)25-42(35(44)16-13-30-12-8-9-27(3)23-30)32-17-19-40(45)34-24-31-14-15-33(46-28(4)43)37-36(31)39(40,38(32)47-37)20-22-41(34)21-18-29-10-6-5-7-11-29/h5-12,14-15,23,26,32,34,38,45H,17-22,24-25H2,1-4H3/t32-,34+,38-,39-,40+/m0/s1. The molecule has 7 heteroatoms. The Kier molecular flexibility index (Phi) is 8.14. The van der Waals surface area contributed by atoms with E-state index in [0.29, 0.717) is 43.7 Å². The number of ether oxygens (including phenoxy) is 2. The van der Waals surface area contributed by atoms with Gasteiger partial charge in [0, 0.05) is 43.1 Å². The van der Waals surface area contributed by atoms with Gasteiger partial charge in [0.25, 0.3) is 5.91 Å². The molecule has 4 aliphatic rings. The third-order valence-corrected chi connectivity index (χ3v) is 10.9. The van der Waals surface area contributed by atoms with Gasteiger partial charge in [-0.05, 0) is 86.4 Å². The number of aliphatic hydroxyl groups is 1. The largest absolute Gasteiger partial charge is 0.483 e. The van der Waals surface area contributed by atoms with Crippen LogP contribution in [0.4, 0.5) is 0 Å². The Bertz CT molecular complexity index is 1760. The third-order valence-electron chi connectivity index (χ3n) is 10.9. The molecule has 0 unspecified atom stereocenters. The van der Waals surface area contributed by atoms with E-state index in [1.54, 1.807) is 0 Å². The van der Waals surface area contributed by atoms with Crippen molar-refractivity contribution in [2.24, 2.45) is 5.92 Å². The molecule has 244 valence electrons. The van der Waals surface area contributed by atoms with Crippen molar-refractivity contribution in [3.63, 3.8) is 0 Å². The Morgan fingerprint density at radius 3 is 2.66 bits per heavy atom. The second kappa shape index (κ2) is 12.2. The minimum absolute atomic E-state index is 0.0969. The van der Waals surface area contributed by atoms with Gasteiger partial charge >= 0.3 is 5.97 Å². The second-order valence-electron chi connectivity index (χ2n) is 14.3. The first kappa shape index (κ1) is 31.5. The predicted octanol–water partition coefficient (Wildman–Crippen LogP) is 5.22. The number of carbonyl (C=O) groups excluding carboxylic acids is 2. The van der Waals surface area contributed by atoms with Crippen molar-refractivity contribution in [2.75, 3.05) is 19.6 Å². The van der Waals surface area contributed by atoms with Crippen LogP contribution < -0.4 is 9.47 Å². The van der Waals surface area contributed by atoms with Crippen LogP contribution in [0.1, 0.15) is 67.9 Å². The third kappa shape index (κ3) is 5.32. The molecule has 7 nitrogen and oxygen atoms in total. The molecule has 2 aliphatic carbocycles. The van der Waals surface area contributed by atoms with Crippen LogP contribution in [-0.4, -0.2) is 70.2 Å². The van der Waals surface area contributed by atoms with Crippen LogP contribution in [0.3, 0.4) is 0 Å². The number of piperidine rings is 1. The number of rotatable bonds is 7. The van der Waals surface area contributed by atoms with Crippen molar-refractivity contribution in [2.45, 2.75) is 89.0 Å². The highest BCUT2D eigenvalue weighted by Gasteiger charge is 2.73. The summed E-state index contributed by atoms with van der Waals surface area (Å²) in [5, 5.41) is 13.1. The molecule has 1 amide bonds. The lowest BCUT2D eigenvalue weighted by atomic mass is 9.48. The van der Waals surface area contributed by atoms with Gasteiger partial charge < -0.3 is 19.5 Å². The summed E-state index contributed by atoms with van der Waals surface area (Å²) < 4.78 is 12.6. The molecule has 3 aromatic rings. The van der Waals surface area contributed by atoms with Gasteiger partial charge in [0.1, 0.15) is 6.10 Å². The van der Waals surface area contributed by atoms with E-state index in [1.165, 1.54) is 12.5 Å². The van der Waals surface area contributed by atoms with Crippen molar-refractivity contribution >= 4 is 11.9 Å². The van der Waals surface area contributed by atoms with E-state index in [-0.39, 0.29) is 23.9 Å². The average Bonchev–Trinajstić information content (AvgIpc) is 3.39. The lowest BCUT2D eigenvalue weighted by Crippen LogP contribution is -2.78. The van der Waals surface area contributed by atoms with E-state index in [2.05, 4.69) is 54.9 Å². The molecule has 2 fully saturated rings. The molecule has 47 heavy (non-hydrogen) atoms. The van der Waals surface area contributed by atoms with E-state index >= 15 is 0 Å². The zero-order valence-corrected chi connectivity index (χ0v) is 27.8. The predicted molar refractivity (Wildman–Crippen MR) is 180 cm³/mol. The summed E-state index contributed by atoms with van der Waals surface area (Å²) in [6.45, 7) is 9.79. The first-order valence-electron chi connectivity index (χ1n) is 17.0. The lowest BCUT2D eigenvalue weighted by Gasteiger charge is -2.64. The topological polar surface area (TPSA) is 79.3 Å². The smallest absolute Gasteiger partial charge is 0.308 e. The molecule has 1 saturated carbocycles. The van der Waals surface area contributed by atoms with Gasteiger partial charge in [0.05, 0.1) is 17.1 Å². The summed E-state index contributed by atoms with van der Waals surface area (Å²) in [6, 6.07) is 21.8. The first-order chi connectivity index (χ1) is 22.6. The van der Waals surface area contributed by atoms with Crippen LogP contribution in [0.2, 0.25) is 0 Å². The Morgan fingerprint density at radius 2 is 1.91 bits per heavy atom. The SMILES string of the molecule is CC(=O)Oc1ccc2c3c1O[C@H]1[C@@H](N(CC(C)C)C(=O)C#Cc4cccc(C)c4)CC[C@@]4(O)[C@@H](C2)N(CCc2ccccc2)CC[C@]314. The zero-order chi connectivity index (χ0) is 32.9. The molecule has 1 N–H and O–H groups in total. The van der Waals surface area contributed by atoms with Gasteiger partial charge in [-0.2, -0.15) is 0 Å². The van der Waals surface area contributed by atoms with Crippen LogP contribution in [0, 0.1) is 24.7 Å². The Hall–Kier alpha value is -4.12. The maximum atomic E-state index is 14.1. The van der Waals surface area contributed by atoms with Crippen LogP contribution in [0.25, 0.3) is 0 Å². The summed E-state index contributed by atoms with van der Waals surface area (Å²) in [5.74, 6) is 6.52. The van der Waals surface area contributed by atoms with E-state index in [4.69, 9.17) is 9.47 Å². The molecule has 5 atom stereocenters. The minimum Gasteiger partial charge on any atom is -0.483 e. The molecule has 0 aromatic heterocycles. The highest BCUT2D eigenvalue weighted by molar-refractivity contribution is 5.94. The zero-order valence-electron chi connectivity index (χ0n) is 27.8. The highest BCUT2D eigenvalue weighted by Crippen LogP contribution is 2.66. The monoisotopic (exact) mass is 632 g/mol. The fourth-order valence-corrected chi connectivity index (χ4v) is 9.02. The molecule has 1 saturated heterocycles. The highest BCUT2D eigenvalue weighted by atomic mass is 16.6. The average molecular weight is 633 g/mol. The number of hydrogen-bond acceptors (Lipinski definition) is 6. The normalized spacial score (nSPS) is 26.9. The molecule has 0 radical (unpaired) electrons. The number of amides is 1. The number of hydrogen-bond donors (Lipinski definition) is 1. The lowest BCUT2D eigenvalue weighted by molar-refractivity contribution is -0.200. The fraction of sp³-hybridized carbons (Fsp3) is 0.450. The van der Waals surface area contributed by atoms with Gasteiger partial charge in [-0.25, -0.2) is 0 Å². The van der Waals surface area contributed by atoms with Crippen molar-refractivity contribution in [1.82, 2.24) is 9.80 Å². The number of aryl methyl sites for hydroxylation is 1. The summed E-state index contributed by atoms with van der Waals surface area (Å²) in [4.78, 5) is 30.6. The summed E-state index contributed by atoms with van der Waals surface area (Å²) in [5.41, 5.74) is 3.45. The van der Waals surface area contributed by atoms with Crippen molar-refractivity contribution in [3.05, 3.63) is 94.5 Å². The quantitative estimate of drug-likeness (QED) is 0.219. The molecule has 2 heterocycles. The molecule has 2 bridgehead atoms. The van der Waals surface area contributed by atoms with Crippen LogP contribution in [0.5, 0.6) is 11.5 Å². The Morgan fingerprint density at radius 1 is 1.11 bits per heavy atom. The van der Waals surface area contributed by atoms with Gasteiger partial charge in [-0.3, -0.25) is 14.5 Å². The molecule has 3 aromatic carbocycles. The van der Waals surface area contributed by atoms with Gasteiger partial charge in [0.2, 0.25) is 0 Å². The number of nitrogens with zero attached hydrogens (tertiary/aromatic N) is 2. The maximum absolute atomic E-state index is 14.1. The molecular weight excluding hydrogens is 588 g/mol. The Balaban J connectivity index is 1.29. The maximum Gasteiger partial charge on any atom is 0.308 e.